The molecule has 0 radical (unpaired) electrons. The molecule has 0 aromatic carbocycles. The van der Waals surface area contributed by atoms with Crippen molar-refractivity contribution in [3.63, 3.8) is 0 Å². The predicted molar refractivity (Wildman–Crippen MR) is 65.4 cm³/mol. The molecule has 0 spiro atoms. The number of carbonyl (C=O) groups excluding carboxylic acids is 1. The second-order valence-electron chi connectivity index (χ2n) is 4.27. The summed E-state index contributed by atoms with van der Waals surface area (Å²) in [6, 6.07) is 0. The van der Waals surface area contributed by atoms with Gasteiger partial charge >= 0.3 is 0 Å². The maximum atomic E-state index is 11.7. The molecular formula is C12H24N2O3. The third-order valence-electron chi connectivity index (χ3n) is 2.97. The molecule has 2 N–H and O–H groups in total. The smallest absolute Gasteiger partial charge is 0.222 e. The van der Waals surface area contributed by atoms with E-state index < -0.39 is 0 Å². The summed E-state index contributed by atoms with van der Waals surface area (Å²) in [5.41, 5.74) is 5.58. The maximum absolute atomic E-state index is 11.7. The molecule has 17 heavy (non-hydrogen) atoms. The highest BCUT2D eigenvalue weighted by molar-refractivity contribution is 5.78. The molecule has 0 aromatic rings. The summed E-state index contributed by atoms with van der Waals surface area (Å²) in [6.07, 6.45) is 1.12. The summed E-state index contributed by atoms with van der Waals surface area (Å²) in [6.45, 7) is 7.20. The Balaban J connectivity index is 2.30. The summed E-state index contributed by atoms with van der Waals surface area (Å²) in [4.78, 5) is 13.5. The highest BCUT2D eigenvalue weighted by Crippen LogP contribution is 2.17. The quantitative estimate of drug-likeness (QED) is 0.634. The molecule has 1 heterocycles. The third-order valence-corrected chi connectivity index (χ3v) is 2.97. The minimum absolute atomic E-state index is 0.199. The first-order valence-electron chi connectivity index (χ1n) is 6.42. The average Bonchev–Trinajstić information content (AvgIpc) is 2.68. The zero-order valence-electron chi connectivity index (χ0n) is 10.9. The van der Waals surface area contributed by atoms with Crippen LogP contribution in [0.1, 0.15) is 26.7 Å². The largest absolute Gasteiger partial charge is 0.353 e. The van der Waals surface area contributed by atoms with Crippen molar-refractivity contribution < 1.29 is 14.3 Å². The summed E-state index contributed by atoms with van der Waals surface area (Å²) in [5, 5.41) is 0. The Hall–Kier alpha value is -0.650. The minimum atomic E-state index is -0.199. The molecule has 1 unspecified atom stereocenters. The van der Waals surface area contributed by atoms with E-state index in [0.29, 0.717) is 38.6 Å². The fourth-order valence-electron chi connectivity index (χ4n) is 2.08. The first-order valence-corrected chi connectivity index (χ1v) is 6.42. The van der Waals surface area contributed by atoms with E-state index in [4.69, 9.17) is 15.2 Å². The van der Waals surface area contributed by atoms with Gasteiger partial charge in [0, 0.05) is 39.1 Å². The van der Waals surface area contributed by atoms with Crippen molar-refractivity contribution in [3.8, 4) is 0 Å². The maximum Gasteiger partial charge on any atom is 0.222 e. The molecule has 1 aliphatic heterocycles. The number of nitrogens with zero attached hydrogens (tertiary/aromatic N) is 1. The van der Waals surface area contributed by atoms with Crippen molar-refractivity contribution >= 4 is 5.91 Å². The average molecular weight is 244 g/mol. The number of amides is 1. The van der Waals surface area contributed by atoms with Crippen LogP contribution in [0.15, 0.2) is 0 Å². The Morgan fingerprint density at radius 3 is 2.53 bits per heavy atom. The minimum Gasteiger partial charge on any atom is -0.353 e. The first-order chi connectivity index (χ1) is 8.21. The van der Waals surface area contributed by atoms with Gasteiger partial charge in [-0.15, -0.1) is 0 Å². The summed E-state index contributed by atoms with van der Waals surface area (Å²) in [5.74, 6) is 0.521. The number of rotatable bonds is 8. The number of hydrogen-bond donors (Lipinski definition) is 1. The molecule has 1 fully saturated rings. The van der Waals surface area contributed by atoms with Crippen LogP contribution in [0.2, 0.25) is 0 Å². The molecule has 1 atom stereocenters. The first kappa shape index (κ1) is 14.4. The summed E-state index contributed by atoms with van der Waals surface area (Å²) in [7, 11) is 0. The number of nitrogens with two attached hydrogens (primary N) is 1. The lowest BCUT2D eigenvalue weighted by molar-refractivity contribution is -0.144. The molecule has 1 aliphatic rings. The number of carbonyl (C=O) groups is 1. The Morgan fingerprint density at radius 2 is 2.06 bits per heavy atom. The van der Waals surface area contributed by atoms with Crippen molar-refractivity contribution in [3.05, 3.63) is 0 Å². The van der Waals surface area contributed by atoms with E-state index in [1.165, 1.54) is 0 Å². The van der Waals surface area contributed by atoms with E-state index in [-0.39, 0.29) is 12.2 Å². The monoisotopic (exact) mass is 244 g/mol. The Bertz CT molecular complexity index is 230. The standard InChI is InChI=1S/C12H24N2O3/c1-3-16-12(17-4-2)5-6-14-9-10(8-13)7-11(14)15/h10,12H,3-9,13H2,1-2H3. The van der Waals surface area contributed by atoms with Crippen molar-refractivity contribution in [1.82, 2.24) is 4.90 Å². The van der Waals surface area contributed by atoms with Crippen LogP contribution >= 0.6 is 0 Å². The van der Waals surface area contributed by atoms with Crippen molar-refractivity contribution in [2.75, 3.05) is 32.8 Å². The van der Waals surface area contributed by atoms with Crippen LogP contribution in [0.3, 0.4) is 0 Å². The van der Waals surface area contributed by atoms with Crippen LogP contribution in [0.4, 0.5) is 0 Å². The van der Waals surface area contributed by atoms with Gasteiger partial charge < -0.3 is 20.1 Å². The molecular weight excluding hydrogens is 220 g/mol. The second kappa shape index (κ2) is 7.63. The molecule has 1 amide bonds. The van der Waals surface area contributed by atoms with E-state index in [9.17, 15) is 4.79 Å². The highest BCUT2D eigenvalue weighted by atomic mass is 16.7. The van der Waals surface area contributed by atoms with Crippen LogP contribution in [-0.4, -0.2) is 49.9 Å². The van der Waals surface area contributed by atoms with Gasteiger partial charge in [-0.1, -0.05) is 0 Å². The number of likely N-dealkylation sites (tertiary alicyclic amines) is 1. The van der Waals surface area contributed by atoms with Gasteiger partial charge in [-0.3, -0.25) is 4.79 Å². The van der Waals surface area contributed by atoms with Crippen molar-refractivity contribution in [2.24, 2.45) is 11.7 Å². The molecule has 5 heteroatoms. The molecule has 5 nitrogen and oxygen atoms in total. The number of ether oxygens (including phenoxy) is 2. The number of hydrogen-bond acceptors (Lipinski definition) is 4. The summed E-state index contributed by atoms with van der Waals surface area (Å²) < 4.78 is 10.9. The molecule has 100 valence electrons. The molecule has 0 aromatic heterocycles. The zero-order valence-corrected chi connectivity index (χ0v) is 10.9. The van der Waals surface area contributed by atoms with Crippen LogP contribution in [0.5, 0.6) is 0 Å². The van der Waals surface area contributed by atoms with Gasteiger partial charge in [-0.2, -0.15) is 0 Å². The van der Waals surface area contributed by atoms with Crippen LogP contribution in [0, 0.1) is 5.92 Å². The van der Waals surface area contributed by atoms with E-state index >= 15 is 0 Å². The topological polar surface area (TPSA) is 64.8 Å². The summed E-state index contributed by atoms with van der Waals surface area (Å²) >= 11 is 0. The predicted octanol–water partition coefficient (Wildman–Crippen LogP) is 0.583. The highest BCUT2D eigenvalue weighted by Gasteiger charge is 2.28. The van der Waals surface area contributed by atoms with Gasteiger partial charge in [0.25, 0.3) is 0 Å². The van der Waals surface area contributed by atoms with Gasteiger partial charge in [-0.05, 0) is 26.3 Å². The fraction of sp³-hybridized carbons (Fsp3) is 0.917. The Kier molecular flexibility index (Phi) is 6.47. The van der Waals surface area contributed by atoms with E-state index in [2.05, 4.69) is 0 Å². The fourth-order valence-corrected chi connectivity index (χ4v) is 2.08. The van der Waals surface area contributed by atoms with Crippen molar-refractivity contribution in [2.45, 2.75) is 33.0 Å². The van der Waals surface area contributed by atoms with Crippen LogP contribution in [-0.2, 0) is 14.3 Å². The molecule has 0 aliphatic carbocycles. The molecule has 0 bridgehead atoms. The molecule has 0 saturated carbocycles. The van der Waals surface area contributed by atoms with Gasteiger partial charge in [0.2, 0.25) is 5.91 Å². The second-order valence-corrected chi connectivity index (χ2v) is 4.27. The van der Waals surface area contributed by atoms with Gasteiger partial charge in [-0.25, -0.2) is 0 Å². The molecule has 1 rings (SSSR count). The third kappa shape index (κ3) is 4.61. The lowest BCUT2D eigenvalue weighted by Crippen LogP contribution is -2.31. The van der Waals surface area contributed by atoms with Crippen molar-refractivity contribution in [1.29, 1.82) is 0 Å². The molecule has 1 saturated heterocycles. The SMILES string of the molecule is CCOC(CCN1CC(CN)CC1=O)OCC. The van der Waals surface area contributed by atoms with Gasteiger partial charge in [0.15, 0.2) is 6.29 Å². The normalized spacial score (nSPS) is 20.6. The van der Waals surface area contributed by atoms with Crippen LogP contribution < -0.4 is 5.73 Å². The van der Waals surface area contributed by atoms with E-state index in [1.54, 1.807) is 0 Å². The van der Waals surface area contributed by atoms with Crippen LogP contribution in [0.25, 0.3) is 0 Å². The van der Waals surface area contributed by atoms with Gasteiger partial charge in [0.1, 0.15) is 0 Å². The lowest BCUT2D eigenvalue weighted by atomic mass is 10.1. The van der Waals surface area contributed by atoms with E-state index in [1.807, 2.05) is 18.7 Å². The van der Waals surface area contributed by atoms with E-state index in [0.717, 1.165) is 13.0 Å². The Labute approximate surface area is 103 Å². The Morgan fingerprint density at radius 1 is 1.41 bits per heavy atom. The zero-order chi connectivity index (χ0) is 12.7. The lowest BCUT2D eigenvalue weighted by Gasteiger charge is -2.21. The van der Waals surface area contributed by atoms with Gasteiger partial charge in [0.05, 0.1) is 0 Å².